The van der Waals surface area contributed by atoms with E-state index in [2.05, 4.69) is 22.6 Å². The van der Waals surface area contributed by atoms with E-state index in [-0.39, 0.29) is 6.61 Å². The van der Waals surface area contributed by atoms with E-state index >= 15 is 0 Å². The summed E-state index contributed by atoms with van der Waals surface area (Å²) in [6.45, 7) is 0.000920. The lowest BCUT2D eigenvalue weighted by Gasteiger charge is -2.09. The highest BCUT2D eigenvalue weighted by atomic mass is 127. The molecule has 128 valence electrons. The van der Waals surface area contributed by atoms with Crippen LogP contribution in [0.25, 0.3) is 21.7 Å². The number of rotatable bonds is 3. The molecule has 0 unspecified atom stereocenters. The minimum Gasteiger partial charge on any atom is -0.457 e. The van der Waals surface area contributed by atoms with Crippen LogP contribution in [0.15, 0.2) is 75.9 Å². The predicted octanol–water partition coefficient (Wildman–Crippen LogP) is 4.91. The van der Waals surface area contributed by atoms with Gasteiger partial charge in [-0.2, -0.15) is 0 Å². The van der Waals surface area contributed by atoms with Crippen LogP contribution in [-0.4, -0.2) is 5.97 Å². The lowest BCUT2D eigenvalue weighted by molar-refractivity contribution is 0.0474. The fourth-order valence-corrected chi connectivity index (χ4v) is 3.31. The molecule has 0 aliphatic heterocycles. The Labute approximate surface area is 162 Å². The first-order chi connectivity index (χ1) is 12.6. The van der Waals surface area contributed by atoms with Gasteiger partial charge in [-0.25, -0.2) is 9.59 Å². The van der Waals surface area contributed by atoms with Gasteiger partial charge in [0.25, 0.3) is 0 Å². The third kappa shape index (κ3) is 3.22. The van der Waals surface area contributed by atoms with E-state index in [0.29, 0.717) is 16.7 Å². The molecule has 1 heterocycles. The topological polar surface area (TPSA) is 56.5 Å². The van der Waals surface area contributed by atoms with E-state index < -0.39 is 11.6 Å². The Kier molecular flexibility index (Phi) is 4.46. The molecule has 0 amide bonds. The van der Waals surface area contributed by atoms with Gasteiger partial charge in [-0.1, -0.05) is 30.3 Å². The molecule has 26 heavy (non-hydrogen) atoms. The molecule has 0 radical (unpaired) electrons. The minimum atomic E-state index is -0.465. The second-order valence-corrected chi connectivity index (χ2v) is 7.08. The van der Waals surface area contributed by atoms with Crippen LogP contribution in [-0.2, 0) is 11.3 Å². The maximum Gasteiger partial charge on any atom is 0.338 e. The number of ether oxygens (including phenoxy) is 1. The zero-order valence-corrected chi connectivity index (χ0v) is 15.7. The largest absolute Gasteiger partial charge is 0.457 e. The van der Waals surface area contributed by atoms with Crippen molar-refractivity contribution in [2.45, 2.75) is 6.61 Å². The van der Waals surface area contributed by atoms with E-state index in [1.807, 2.05) is 42.5 Å². The summed E-state index contributed by atoms with van der Waals surface area (Å²) in [6, 6.07) is 20.0. The molecule has 0 N–H and O–H groups in total. The second kappa shape index (κ2) is 6.92. The van der Waals surface area contributed by atoms with E-state index in [0.717, 1.165) is 19.7 Å². The number of fused-ring (bicyclic) bond motifs is 3. The Hall–Kier alpha value is -2.67. The predicted molar refractivity (Wildman–Crippen MR) is 108 cm³/mol. The van der Waals surface area contributed by atoms with E-state index in [9.17, 15) is 9.59 Å². The van der Waals surface area contributed by atoms with Crippen LogP contribution in [0, 0.1) is 3.57 Å². The summed E-state index contributed by atoms with van der Waals surface area (Å²) < 4.78 is 11.8. The van der Waals surface area contributed by atoms with Crippen LogP contribution < -0.4 is 5.63 Å². The van der Waals surface area contributed by atoms with Crippen LogP contribution in [0.1, 0.15) is 15.9 Å². The smallest absolute Gasteiger partial charge is 0.338 e. The lowest BCUT2D eigenvalue weighted by Crippen LogP contribution is -2.08. The Morgan fingerprint density at radius 3 is 2.58 bits per heavy atom. The summed E-state index contributed by atoms with van der Waals surface area (Å²) in [5.74, 6) is -0.428. The van der Waals surface area contributed by atoms with Crippen molar-refractivity contribution in [2.75, 3.05) is 0 Å². The molecule has 0 spiro atoms. The molecule has 0 aliphatic carbocycles. The number of esters is 1. The molecule has 0 saturated heterocycles. The quantitative estimate of drug-likeness (QED) is 0.190. The van der Waals surface area contributed by atoms with Crippen molar-refractivity contribution in [3.8, 4) is 0 Å². The number of carbonyl (C=O) groups is 1. The van der Waals surface area contributed by atoms with Crippen LogP contribution in [0.4, 0.5) is 0 Å². The van der Waals surface area contributed by atoms with Gasteiger partial charge < -0.3 is 9.15 Å². The molecule has 0 bridgehead atoms. The molecule has 1 aromatic heterocycles. The summed E-state index contributed by atoms with van der Waals surface area (Å²) in [5, 5.41) is 2.77. The summed E-state index contributed by atoms with van der Waals surface area (Å²) in [7, 11) is 0. The number of benzene rings is 3. The van der Waals surface area contributed by atoms with Crippen molar-refractivity contribution >= 4 is 50.3 Å². The van der Waals surface area contributed by atoms with Crippen LogP contribution in [0.5, 0.6) is 0 Å². The molecule has 0 fully saturated rings. The molecular weight excluding hydrogens is 443 g/mol. The maximum absolute atomic E-state index is 12.3. The maximum atomic E-state index is 12.3. The van der Waals surface area contributed by atoms with Crippen molar-refractivity contribution in [1.29, 1.82) is 0 Å². The second-order valence-electron chi connectivity index (χ2n) is 5.83. The third-order valence-corrected chi connectivity index (χ3v) is 4.87. The SMILES string of the molecule is O=C(OCc1cc(=O)oc2ccc3ccccc3c12)c1ccc(I)cc1. The molecule has 0 atom stereocenters. The average Bonchev–Trinajstić information content (AvgIpc) is 2.66. The Morgan fingerprint density at radius 2 is 1.77 bits per heavy atom. The van der Waals surface area contributed by atoms with Crippen molar-refractivity contribution in [1.82, 2.24) is 0 Å². The molecule has 4 rings (SSSR count). The van der Waals surface area contributed by atoms with Gasteiger partial charge >= 0.3 is 11.6 Å². The molecule has 5 heteroatoms. The standard InChI is InChI=1S/C21H13IO4/c22-16-8-5-14(6-9-16)21(24)25-12-15-11-19(23)26-18-10-7-13-3-1-2-4-17(13)20(15)18/h1-11H,12H2. The summed E-state index contributed by atoms with van der Waals surface area (Å²) >= 11 is 2.17. The van der Waals surface area contributed by atoms with E-state index in [1.165, 1.54) is 6.07 Å². The van der Waals surface area contributed by atoms with Gasteiger partial charge in [0.15, 0.2) is 0 Å². The molecule has 0 saturated carbocycles. The van der Waals surface area contributed by atoms with Crippen LogP contribution in [0.3, 0.4) is 0 Å². The van der Waals surface area contributed by atoms with Crippen molar-refractivity contribution < 1.29 is 13.9 Å². The highest BCUT2D eigenvalue weighted by molar-refractivity contribution is 14.1. The Balaban J connectivity index is 1.73. The molecule has 4 nitrogen and oxygen atoms in total. The summed E-state index contributed by atoms with van der Waals surface area (Å²) in [6.07, 6.45) is 0. The molecule has 4 aromatic rings. The number of halogens is 1. The van der Waals surface area contributed by atoms with Crippen LogP contribution in [0.2, 0.25) is 0 Å². The fourth-order valence-electron chi connectivity index (χ4n) is 2.95. The van der Waals surface area contributed by atoms with Gasteiger partial charge in [0.2, 0.25) is 0 Å². The van der Waals surface area contributed by atoms with Gasteiger partial charge in [0.05, 0.1) is 5.56 Å². The lowest BCUT2D eigenvalue weighted by atomic mass is 10.0. The first-order valence-electron chi connectivity index (χ1n) is 7.99. The molecular formula is C21H13IO4. The minimum absolute atomic E-state index is 0.000920. The van der Waals surface area contributed by atoms with Gasteiger partial charge in [0.1, 0.15) is 12.2 Å². The monoisotopic (exact) mass is 456 g/mol. The number of hydrogen-bond donors (Lipinski definition) is 0. The van der Waals surface area contributed by atoms with Crippen molar-refractivity contribution in [3.05, 3.63) is 91.8 Å². The van der Waals surface area contributed by atoms with Gasteiger partial charge in [0, 0.05) is 20.6 Å². The highest BCUT2D eigenvalue weighted by Gasteiger charge is 2.13. The molecule has 0 aliphatic rings. The van der Waals surface area contributed by atoms with Gasteiger partial charge in [-0.05, 0) is 63.7 Å². The Bertz CT molecular complexity index is 1180. The number of carbonyl (C=O) groups excluding carboxylic acids is 1. The zero-order chi connectivity index (χ0) is 18.1. The van der Waals surface area contributed by atoms with Gasteiger partial charge in [-0.3, -0.25) is 0 Å². The van der Waals surface area contributed by atoms with Crippen molar-refractivity contribution in [2.24, 2.45) is 0 Å². The van der Waals surface area contributed by atoms with Crippen LogP contribution >= 0.6 is 22.6 Å². The Morgan fingerprint density at radius 1 is 1.00 bits per heavy atom. The first kappa shape index (κ1) is 16.8. The first-order valence-corrected chi connectivity index (χ1v) is 9.07. The highest BCUT2D eigenvalue weighted by Crippen LogP contribution is 2.27. The molecule has 3 aromatic carbocycles. The average molecular weight is 456 g/mol. The van der Waals surface area contributed by atoms with E-state index in [4.69, 9.17) is 9.15 Å². The van der Waals surface area contributed by atoms with Gasteiger partial charge in [-0.15, -0.1) is 0 Å². The normalized spacial score (nSPS) is 11.0. The number of hydrogen-bond acceptors (Lipinski definition) is 4. The third-order valence-electron chi connectivity index (χ3n) is 4.15. The zero-order valence-electron chi connectivity index (χ0n) is 13.6. The van der Waals surface area contributed by atoms with E-state index in [1.54, 1.807) is 18.2 Å². The summed E-state index contributed by atoms with van der Waals surface area (Å²) in [5.41, 5.74) is 1.12. The fraction of sp³-hybridized carbons (Fsp3) is 0.0476. The van der Waals surface area contributed by atoms with Crippen molar-refractivity contribution in [3.63, 3.8) is 0 Å². The summed E-state index contributed by atoms with van der Waals surface area (Å²) in [4.78, 5) is 24.2.